The van der Waals surface area contributed by atoms with Crippen molar-refractivity contribution in [1.82, 2.24) is 4.98 Å². The summed E-state index contributed by atoms with van der Waals surface area (Å²) >= 11 is 0. The van der Waals surface area contributed by atoms with Gasteiger partial charge in [-0.1, -0.05) is 48.4 Å². The van der Waals surface area contributed by atoms with E-state index in [1.807, 2.05) is 67.6 Å². The van der Waals surface area contributed by atoms with Crippen molar-refractivity contribution >= 4 is 5.97 Å². The molecule has 0 amide bonds. The summed E-state index contributed by atoms with van der Waals surface area (Å²) in [4.78, 5) is 16.4. The zero-order valence-electron chi connectivity index (χ0n) is 14.6. The van der Waals surface area contributed by atoms with Crippen molar-refractivity contribution in [2.75, 3.05) is 0 Å². The number of nitrogens with zero attached hydrogens (tertiary/aromatic N) is 1. The van der Waals surface area contributed by atoms with Gasteiger partial charge in [-0.05, 0) is 55.2 Å². The Morgan fingerprint density at radius 1 is 0.962 bits per heavy atom. The first-order chi connectivity index (χ1) is 12.7. The Balaban J connectivity index is 1.61. The SMILES string of the molecule is Cc1cccc(C#Cc2cccc(OC(=O)CCc3ccccc3)c2)n1. The largest absolute Gasteiger partial charge is 0.426 e. The average molecular weight is 341 g/mol. The lowest BCUT2D eigenvalue weighted by atomic mass is 10.1. The lowest BCUT2D eigenvalue weighted by Crippen LogP contribution is -2.09. The standard InChI is InChI=1S/C23H19NO2/c1-18-7-5-11-21(24-18)15-13-20-10-6-12-22(17-20)26-23(25)16-14-19-8-3-2-4-9-19/h2-12,17H,14,16H2,1H3. The van der Waals surface area contributed by atoms with Gasteiger partial charge in [0.25, 0.3) is 0 Å². The Labute approximate surface area is 153 Å². The highest BCUT2D eigenvalue weighted by molar-refractivity contribution is 5.72. The van der Waals surface area contributed by atoms with E-state index in [9.17, 15) is 4.79 Å². The van der Waals surface area contributed by atoms with Crippen LogP contribution < -0.4 is 4.74 Å². The molecule has 0 saturated carbocycles. The smallest absolute Gasteiger partial charge is 0.311 e. The van der Waals surface area contributed by atoms with E-state index in [1.54, 1.807) is 12.1 Å². The Bertz CT molecular complexity index is 952. The number of esters is 1. The van der Waals surface area contributed by atoms with E-state index in [4.69, 9.17) is 4.74 Å². The number of rotatable bonds is 4. The summed E-state index contributed by atoms with van der Waals surface area (Å²) in [5.74, 6) is 6.34. The maximum Gasteiger partial charge on any atom is 0.311 e. The summed E-state index contributed by atoms with van der Waals surface area (Å²) in [7, 11) is 0. The first-order valence-corrected chi connectivity index (χ1v) is 8.49. The number of carbonyl (C=O) groups is 1. The third-order valence-electron chi connectivity index (χ3n) is 3.75. The number of hydrogen-bond donors (Lipinski definition) is 0. The number of carbonyl (C=O) groups excluding carboxylic acids is 1. The summed E-state index contributed by atoms with van der Waals surface area (Å²) in [6.07, 6.45) is 1.01. The van der Waals surface area contributed by atoms with Gasteiger partial charge >= 0.3 is 5.97 Å². The maximum atomic E-state index is 12.0. The molecule has 0 radical (unpaired) electrons. The molecule has 0 unspecified atom stereocenters. The molecule has 26 heavy (non-hydrogen) atoms. The van der Waals surface area contributed by atoms with Crippen LogP contribution in [0.5, 0.6) is 5.75 Å². The number of ether oxygens (including phenoxy) is 1. The third-order valence-corrected chi connectivity index (χ3v) is 3.75. The summed E-state index contributed by atoms with van der Waals surface area (Å²) in [5, 5.41) is 0. The van der Waals surface area contributed by atoms with Crippen molar-refractivity contribution in [3.63, 3.8) is 0 Å². The highest BCUT2D eigenvalue weighted by Crippen LogP contribution is 2.14. The van der Waals surface area contributed by atoms with Crippen LogP contribution in [0.15, 0.2) is 72.8 Å². The number of benzene rings is 2. The van der Waals surface area contributed by atoms with Crippen molar-refractivity contribution in [1.29, 1.82) is 0 Å². The van der Waals surface area contributed by atoms with Gasteiger partial charge in [-0.2, -0.15) is 0 Å². The predicted octanol–water partition coefficient (Wildman–Crippen LogP) is 4.33. The minimum absolute atomic E-state index is 0.251. The fourth-order valence-corrected chi connectivity index (χ4v) is 2.46. The Morgan fingerprint density at radius 2 is 1.77 bits per heavy atom. The highest BCUT2D eigenvalue weighted by Gasteiger charge is 2.06. The molecule has 1 heterocycles. The number of aryl methyl sites for hydroxylation is 2. The van der Waals surface area contributed by atoms with Crippen LogP contribution in [-0.4, -0.2) is 11.0 Å². The van der Waals surface area contributed by atoms with Gasteiger partial charge in [0.05, 0.1) is 0 Å². The average Bonchev–Trinajstić information content (AvgIpc) is 2.66. The van der Waals surface area contributed by atoms with E-state index in [-0.39, 0.29) is 5.97 Å². The summed E-state index contributed by atoms with van der Waals surface area (Å²) < 4.78 is 5.43. The molecule has 3 nitrogen and oxygen atoms in total. The zero-order chi connectivity index (χ0) is 18.2. The van der Waals surface area contributed by atoms with E-state index in [0.717, 1.165) is 22.5 Å². The lowest BCUT2D eigenvalue weighted by Gasteiger charge is -2.05. The normalized spacial score (nSPS) is 9.88. The quantitative estimate of drug-likeness (QED) is 0.403. The lowest BCUT2D eigenvalue weighted by molar-refractivity contribution is -0.134. The minimum atomic E-state index is -0.251. The molecule has 128 valence electrons. The molecule has 0 aliphatic carbocycles. The maximum absolute atomic E-state index is 12.0. The summed E-state index contributed by atoms with van der Waals surface area (Å²) in [6, 6.07) is 22.9. The van der Waals surface area contributed by atoms with Gasteiger partial charge in [-0.3, -0.25) is 4.79 Å². The van der Waals surface area contributed by atoms with E-state index >= 15 is 0 Å². The highest BCUT2D eigenvalue weighted by atomic mass is 16.5. The van der Waals surface area contributed by atoms with Crippen LogP contribution in [-0.2, 0) is 11.2 Å². The summed E-state index contributed by atoms with van der Waals surface area (Å²) in [5.41, 5.74) is 3.55. The molecular formula is C23H19NO2. The molecule has 3 aromatic rings. The molecular weight excluding hydrogens is 322 g/mol. The first kappa shape index (κ1) is 17.4. The van der Waals surface area contributed by atoms with Gasteiger partial charge in [-0.25, -0.2) is 4.98 Å². The van der Waals surface area contributed by atoms with Gasteiger partial charge in [0.1, 0.15) is 11.4 Å². The topological polar surface area (TPSA) is 39.2 Å². The van der Waals surface area contributed by atoms with Crippen LogP contribution in [0.1, 0.15) is 28.9 Å². The molecule has 0 bridgehead atoms. The number of pyridine rings is 1. The molecule has 0 N–H and O–H groups in total. The van der Waals surface area contributed by atoms with Crippen molar-refractivity contribution in [3.8, 4) is 17.6 Å². The molecule has 0 spiro atoms. The van der Waals surface area contributed by atoms with Gasteiger partial charge in [-0.15, -0.1) is 0 Å². The van der Waals surface area contributed by atoms with Crippen LogP contribution >= 0.6 is 0 Å². The first-order valence-electron chi connectivity index (χ1n) is 8.49. The van der Waals surface area contributed by atoms with E-state index in [0.29, 0.717) is 18.6 Å². The van der Waals surface area contributed by atoms with E-state index in [1.165, 1.54) is 0 Å². The van der Waals surface area contributed by atoms with Crippen LogP contribution in [0.25, 0.3) is 0 Å². The molecule has 0 fully saturated rings. The second kappa shape index (κ2) is 8.64. The monoisotopic (exact) mass is 341 g/mol. The van der Waals surface area contributed by atoms with E-state index in [2.05, 4.69) is 16.8 Å². The molecule has 3 rings (SSSR count). The van der Waals surface area contributed by atoms with Crippen LogP contribution in [0.2, 0.25) is 0 Å². The van der Waals surface area contributed by atoms with Gasteiger partial charge < -0.3 is 4.74 Å². The molecule has 0 atom stereocenters. The fourth-order valence-electron chi connectivity index (χ4n) is 2.46. The van der Waals surface area contributed by atoms with Crippen molar-refractivity contribution in [3.05, 3.63) is 95.3 Å². The van der Waals surface area contributed by atoms with Crippen molar-refractivity contribution in [2.24, 2.45) is 0 Å². The fraction of sp³-hybridized carbons (Fsp3) is 0.130. The van der Waals surface area contributed by atoms with Gasteiger partial charge in [0.15, 0.2) is 0 Å². The third kappa shape index (κ3) is 5.32. The van der Waals surface area contributed by atoms with E-state index < -0.39 is 0 Å². The van der Waals surface area contributed by atoms with Crippen LogP contribution in [0, 0.1) is 18.8 Å². The molecule has 1 aromatic heterocycles. The molecule has 0 aliphatic heterocycles. The zero-order valence-corrected chi connectivity index (χ0v) is 14.6. The summed E-state index contributed by atoms with van der Waals surface area (Å²) in [6.45, 7) is 1.93. The van der Waals surface area contributed by atoms with Crippen LogP contribution in [0.3, 0.4) is 0 Å². The minimum Gasteiger partial charge on any atom is -0.426 e. The van der Waals surface area contributed by atoms with Crippen molar-refractivity contribution < 1.29 is 9.53 Å². The molecule has 0 aliphatic rings. The van der Waals surface area contributed by atoms with Gasteiger partial charge in [0, 0.05) is 17.7 Å². The predicted molar refractivity (Wildman–Crippen MR) is 102 cm³/mol. The molecule has 2 aromatic carbocycles. The molecule has 0 saturated heterocycles. The molecule has 3 heteroatoms. The number of hydrogen-bond acceptors (Lipinski definition) is 3. The van der Waals surface area contributed by atoms with Crippen LogP contribution in [0.4, 0.5) is 0 Å². The second-order valence-electron chi connectivity index (χ2n) is 5.90. The number of aromatic nitrogens is 1. The van der Waals surface area contributed by atoms with Crippen molar-refractivity contribution in [2.45, 2.75) is 19.8 Å². The second-order valence-corrected chi connectivity index (χ2v) is 5.90. The van der Waals surface area contributed by atoms with Gasteiger partial charge in [0.2, 0.25) is 0 Å². The Morgan fingerprint density at radius 3 is 2.58 bits per heavy atom. The Hall–Kier alpha value is -3.38. The Kier molecular flexibility index (Phi) is 5.80.